The maximum absolute atomic E-state index is 11.0. The average Bonchev–Trinajstić information content (AvgIpc) is 2.46. The van der Waals surface area contributed by atoms with Crippen LogP contribution in [0.1, 0.15) is 6.92 Å². The molecule has 0 aliphatic carbocycles. The normalized spacial score (nSPS) is 32.1. The van der Waals surface area contributed by atoms with Crippen LogP contribution in [0.25, 0.3) is 0 Å². The predicted molar refractivity (Wildman–Crippen MR) is 46.1 cm³/mol. The van der Waals surface area contributed by atoms with Crippen LogP contribution in [0.15, 0.2) is 24.4 Å². The molecule has 1 N–H and O–H groups in total. The molecule has 1 amide bonds. The number of hydrogen-bond acceptors (Lipinski definition) is 2. The minimum atomic E-state index is 0.0124. The first-order valence-electron chi connectivity index (χ1n) is 4.24. The number of nitrogens with one attached hydrogen (secondary N) is 1. The maximum Gasteiger partial charge on any atom is 0.245 e. The number of amides is 1. The van der Waals surface area contributed by atoms with Gasteiger partial charge in [0.15, 0.2) is 0 Å². The molecule has 2 heterocycles. The topological polar surface area (TPSA) is 32.3 Å². The Kier molecular flexibility index (Phi) is 1.64. The molecule has 12 heavy (non-hydrogen) atoms. The quantitative estimate of drug-likeness (QED) is 0.610. The number of carbonyl (C=O) groups excluding carboxylic acids is 1. The van der Waals surface area contributed by atoms with Gasteiger partial charge in [-0.1, -0.05) is 12.2 Å². The van der Waals surface area contributed by atoms with Crippen molar-refractivity contribution < 1.29 is 4.79 Å². The zero-order valence-corrected chi connectivity index (χ0v) is 7.03. The van der Waals surface area contributed by atoms with Crippen LogP contribution in [-0.2, 0) is 4.79 Å². The van der Waals surface area contributed by atoms with Gasteiger partial charge < -0.3 is 10.2 Å². The number of hydrogen-bond donors (Lipinski definition) is 1. The van der Waals surface area contributed by atoms with Crippen LogP contribution in [0.2, 0.25) is 0 Å². The standard InChI is InChI=1S/C9H12N2O/c1-2-11-6-5-7-3-4-8(12)10-9(7)11/h3-7,9H,2H2,1H3,(H,10,12). The Balaban J connectivity index is 2.18. The van der Waals surface area contributed by atoms with Crippen molar-refractivity contribution in [2.24, 2.45) is 5.92 Å². The number of rotatable bonds is 1. The second-order valence-corrected chi connectivity index (χ2v) is 3.06. The second-order valence-electron chi connectivity index (χ2n) is 3.06. The summed E-state index contributed by atoms with van der Waals surface area (Å²) in [6, 6.07) is 0. The van der Waals surface area contributed by atoms with Crippen LogP contribution in [0, 0.1) is 5.92 Å². The Morgan fingerprint density at radius 3 is 3.17 bits per heavy atom. The highest BCUT2D eigenvalue weighted by Gasteiger charge is 2.29. The second kappa shape index (κ2) is 2.66. The van der Waals surface area contributed by atoms with Crippen molar-refractivity contribution in [1.29, 1.82) is 0 Å². The summed E-state index contributed by atoms with van der Waals surface area (Å²) < 4.78 is 0. The van der Waals surface area contributed by atoms with Crippen molar-refractivity contribution >= 4 is 5.91 Å². The van der Waals surface area contributed by atoms with E-state index < -0.39 is 0 Å². The van der Waals surface area contributed by atoms with E-state index in [4.69, 9.17) is 0 Å². The Bertz CT molecular complexity index is 257. The third kappa shape index (κ3) is 1.02. The molecule has 2 aliphatic heterocycles. The fraction of sp³-hybridized carbons (Fsp3) is 0.444. The molecule has 0 saturated heterocycles. The van der Waals surface area contributed by atoms with Gasteiger partial charge in [0, 0.05) is 12.5 Å². The zero-order valence-electron chi connectivity index (χ0n) is 7.03. The zero-order chi connectivity index (χ0) is 8.55. The first-order valence-corrected chi connectivity index (χ1v) is 4.24. The summed E-state index contributed by atoms with van der Waals surface area (Å²) in [5.41, 5.74) is 0. The molecule has 0 aromatic heterocycles. The van der Waals surface area contributed by atoms with Gasteiger partial charge in [0.2, 0.25) is 5.91 Å². The van der Waals surface area contributed by atoms with Crippen LogP contribution < -0.4 is 5.32 Å². The van der Waals surface area contributed by atoms with E-state index in [0.717, 1.165) is 6.54 Å². The number of nitrogens with zero attached hydrogens (tertiary/aromatic N) is 1. The summed E-state index contributed by atoms with van der Waals surface area (Å²) in [5, 5.41) is 2.92. The van der Waals surface area contributed by atoms with Gasteiger partial charge in [-0.25, -0.2) is 0 Å². The predicted octanol–water partition coefficient (Wildman–Crippen LogP) is 0.464. The largest absolute Gasteiger partial charge is 0.357 e. The lowest BCUT2D eigenvalue weighted by molar-refractivity contribution is -0.118. The number of fused-ring (bicyclic) bond motifs is 1. The summed E-state index contributed by atoms with van der Waals surface area (Å²) >= 11 is 0. The third-order valence-electron chi connectivity index (χ3n) is 2.35. The van der Waals surface area contributed by atoms with E-state index in [1.807, 2.05) is 12.3 Å². The van der Waals surface area contributed by atoms with E-state index in [1.54, 1.807) is 6.08 Å². The molecular formula is C9H12N2O. The average molecular weight is 164 g/mol. The number of carbonyl (C=O) groups is 1. The minimum Gasteiger partial charge on any atom is -0.357 e. The van der Waals surface area contributed by atoms with Gasteiger partial charge in [0.25, 0.3) is 0 Å². The molecule has 2 rings (SSSR count). The van der Waals surface area contributed by atoms with Crippen LogP contribution in [-0.4, -0.2) is 23.5 Å². The van der Waals surface area contributed by atoms with Gasteiger partial charge in [0.1, 0.15) is 6.17 Å². The fourth-order valence-electron chi connectivity index (χ4n) is 1.67. The van der Waals surface area contributed by atoms with E-state index in [2.05, 4.69) is 23.2 Å². The van der Waals surface area contributed by atoms with E-state index in [1.165, 1.54) is 0 Å². The van der Waals surface area contributed by atoms with Crippen molar-refractivity contribution in [3.63, 3.8) is 0 Å². The van der Waals surface area contributed by atoms with Crippen LogP contribution in [0.4, 0.5) is 0 Å². The van der Waals surface area contributed by atoms with E-state index >= 15 is 0 Å². The van der Waals surface area contributed by atoms with E-state index in [0.29, 0.717) is 5.92 Å². The SMILES string of the molecule is CCN1C=CC2C=CC(=O)NC21. The molecule has 0 bridgehead atoms. The van der Waals surface area contributed by atoms with Gasteiger partial charge >= 0.3 is 0 Å². The third-order valence-corrected chi connectivity index (χ3v) is 2.35. The summed E-state index contributed by atoms with van der Waals surface area (Å²) in [6.45, 7) is 3.02. The van der Waals surface area contributed by atoms with Gasteiger partial charge in [-0.15, -0.1) is 0 Å². The van der Waals surface area contributed by atoms with Crippen molar-refractivity contribution in [3.05, 3.63) is 24.4 Å². The van der Waals surface area contributed by atoms with Crippen LogP contribution in [0.3, 0.4) is 0 Å². The Hall–Kier alpha value is -1.25. The summed E-state index contributed by atoms with van der Waals surface area (Å²) in [6.07, 6.45) is 7.88. The van der Waals surface area contributed by atoms with Gasteiger partial charge in [-0.05, 0) is 19.2 Å². The molecule has 3 nitrogen and oxygen atoms in total. The molecule has 0 spiro atoms. The molecule has 0 radical (unpaired) electrons. The molecule has 2 unspecified atom stereocenters. The van der Waals surface area contributed by atoms with Crippen LogP contribution >= 0.6 is 0 Å². The summed E-state index contributed by atoms with van der Waals surface area (Å²) in [5.74, 6) is 0.376. The molecule has 0 aromatic carbocycles. The lowest BCUT2D eigenvalue weighted by atomic mass is 10.0. The van der Waals surface area contributed by atoms with Gasteiger partial charge in [0.05, 0.1) is 0 Å². The minimum absolute atomic E-state index is 0.0124. The molecular weight excluding hydrogens is 152 g/mol. The molecule has 2 aliphatic rings. The van der Waals surface area contributed by atoms with Crippen molar-refractivity contribution in [1.82, 2.24) is 10.2 Å². The monoisotopic (exact) mass is 164 g/mol. The summed E-state index contributed by atoms with van der Waals surface area (Å²) in [4.78, 5) is 13.1. The van der Waals surface area contributed by atoms with Crippen molar-refractivity contribution in [2.75, 3.05) is 6.54 Å². The molecule has 64 valence electrons. The lowest BCUT2D eigenvalue weighted by Gasteiger charge is -2.30. The Morgan fingerprint density at radius 2 is 2.42 bits per heavy atom. The first kappa shape index (κ1) is 7.40. The van der Waals surface area contributed by atoms with Crippen molar-refractivity contribution in [3.8, 4) is 0 Å². The molecule has 2 atom stereocenters. The van der Waals surface area contributed by atoms with E-state index in [9.17, 15) is 4.79 Å². The van der Waals surface area contributed by atoms with Crippen LogP contribution in [0.5, 0.6) is 0 Å². The van der Waals surface area contributed by atoms with E-state index in [-0.39, 0.29) is 12.1 Å². The molecule has 0 aromatic rings. The molecule has 0 saturated carbocycles. The lowest BCUT2D eigenvalue weighted by Crippen LogP contribution is -2.48. The highest BCUT2D eigenvalue weighted by molar-refractivity contribution is 5.88. The first-order chi connectivity index (χ1) is 5.81. The van der Waals surface area contributed by atoms with Gasteiger partial charge in [-0.2, -0.15) is 0 Å². The highest BCUT2D eigenvalue weighted by Crippen LogP contribution is 2.22. The maximum atomic E-state index is 11.0. The Morgan fingerprint density at radius 1 is 1.58 bits per heavy atom. The summed E-state index contributed by atoms with van der Waals surface area (Å²) in [7, 11) is 0. The Labute approximate surface area is 71.7 Å². The highest BCUT2D eigenvalue weighted by atomic mass is 16.1. The molecule has 0 fully saturated rings. The smallest absolute Gasteiger partial charge is 0.245 e. The van der Waals surface area contributed by atoms with Gasteiger partial charge in [-0.3, -0.25) is 4.79 Å². The fourth-order valence-corrected chi connectivity index (χ4v) is 1.67. The molecule has 3 heteroatoms. The van der Waals surface area contributed by atoms with Crippen molar-refractivity contribution in [2.45, 2.75) is 13.1 Å².